The lowest BCUT2D eigenvalue weighted by Gasteiger charge is -2.20. The molecule has 5 heteroatoms. The number of nitrogen functional groups attached to an aromatic ring is 1. The van der Waals surface area contributed by atoms with Crippen molar-refractivity contribution in [2.24, 2.45) is 0 Å². The predicted molar refractivity (Wildman–Crippen MR) is 63.5 cm³/mol. The Kier molecular flexibility index (Phi) is 4.10. The molecule has 0 amide bonds. The molecular weight excluding hydrogens is 206 g/mol. The molecular formula is C11H17N3O2. The largest absolute Gasteiger partial charge is 0.465 e. The average Bonchev–Trinajstić information content (AvgIpc) is 2.31. The Morgan fingerprint density at radius 2 is 2.12 bits per heavy atom. The van der Waals surface area contributed by atoms with Gasteiger partial charge in [0.15, 0.2) is 0 Å². The molecule has 5 nitrogen and oxygen atoms in total. The maximum atomic E-state index is 11.4. The Balaban J connectivity index is 3.11. The number of carbonyl (C=O) groups excluding carboxylic acids is 1. The number of anilines is 2. The van der Waals surface area contributed by atoms with Gasteiger partial charge in [-0.3, -0.25) is 0 Å². The lowest BCUT2D eigenvalue weighted by Crippen LogP contribution is -2.23. The summed E-state index contributed by atoms with van der Waals surface area (Å²) < 4.78 is 4.65. The number of carbonyl (C=O) groups is 1. The quantitative estimate of drug-likeness (QED) is 0.779. The molecule has 1 aromatic heterocycles. The molecule has 1 heterocycles. The summed E-state index contributed by atoms with van der Waals surface area (Å²) in [5.74, 6) is 0.299. The maximum absolute atomic E-state index is 11.4. The highest BCUT2D eigenvalue weighted by Gasteiger charge is 2.13. The summed E-state index contributed by atoms with van der Waals surface area (Å²) in [6.07, 6.45) is 1.49. The van der Waals surface area contributed by atoms with E-state index < -0.39 is 5.97 Å². The van der Waals surface area contributed by atoms with Crippen LogP contribution in [0.25, 0.3) is 0 Å². The van der Waals surface area contributed by atoms with Gasteiger partial charge >= 0.3 is 5.97 Å². The third-order valence-corrected chi connectivity index (χ3v) is 2.41. The van der Waals surface area contributed by atoms with Crippen molar-refractivity contribution in [3.05, 3.63) is 17.8 Å². The van der Waals surface area contributed by atoms with Crippen LogP contribution in [0.4, 0.5) is 11.5 Å². The fourth-order valence-electron chi connectivity index (χ4n) is 1.46. The fraction of sp³-hybridized carbons (Fsp3) is 0.455. The number of ether oxygens (including phenoxy) is 1. The minimum absolute atomic E-state index is 0.336. The predicted octanol–water partition coefficient (Wildman–Crippen LogP) is 1.30. The number of nitrogens with two attached hydrogens (primary N) is 1. The second-order valence-corrected chi connectivity index (χ2v) is 3.29. The molecule has 0 unspecified atom stereocenters. The van der Waals surface area contributed by atoms with Crippen molar-refractivity contribution >= 4 is 17.5 Å². The molecule has 0 saturated carbocycles. The van der Waals surface area contributed by atoms with Gasteiger partial charge in [0.25, 0.3) is 0 Å². The molecule has 0 aliphatic carbocycles. The van der Waals surface area contributed by atoms with Gasteiger partial charge in [-0.15, -0.1) is 0 Å². The highest BCUT2D eigenvalue weighted by Crippen LogP contribution is 2.18. The highest BCUT2D eigenvalue weighted by molar-refractivity contribution is 5.95. The Morgan fingerprint density at radius 3 is 2.62 bits per heavy atom. The van der Waals surface area contributed by atoms with Crippen molar-refractivity contribution in [2.75, 3.05) is 30.8 Å². The second-order valence-electron chi connectivity index (χ2n) is 3.29. The van der Waals surface area contributed by atoms with E-state index in [2.05, 4.69) is 9.72 Å². The van der Waals surface area contributed by atoms with E-state index in [9.17, 15) is 4.79 Å². The van der Waals surface area contributed by atoms with Crippen LogP contribution in [0.15, 0.2) is 12.3 Å². The smallest absolute Gasteiger partial charge is 0.340 e. The van der Waals surface area contributed by atoms with Crippen LogP contribution in [-0.2, 0) is 4.74 Å². The highest BCUT2D eigenvalue weighted by atomic mass is 16.5. The molecule has 0 radical (unpaired) electrons. The lowest BCUT2D eigenvalue weighted by molar-refractivity contribution is 0.0602. The van der Waals surface area contributed by atoms with Crippen molar-refractivity contribution in [3.8, 4) is 0 Å². The molecule has 0 saturated heterocycles. The van der Waals surface area contributed by atoms with E-state index in [-0.39, 0.29) is 0 Å². The minimum atomic E-state index is -0.437. The maximum Gasteiger partial charge on any atom is 0.340 e. The zero-order chi connectivity index (χ0) is 12.1. The Bertz CT molecular complexity index is 375. The van der Waals surface area contributed by atoms with Crippen molar-refractivity contribution in [3.63, 3.8) is 0 Å². The zero-order valence-electron chi connectivity index (χ0n) is 9.86. The van der Waals surface area contributed by atoms with Crippen LogP contribution in [-0.4, -0.2) is 31.2 Å². The lowest BCUT2D eigenvalue weighted by atomic mass is 10.2. The van der Waals surface area contributed by atoms with Gasteiger partial charge in [0.2, 0.25) is 0 Å². The molecule has 88 valence electrons. The van der Waals surface area contributed by atoms with Gasteiger partial charge < -0.3 is 15.4 Å². The van der Waals surface area contributed by atoms with Gasteiger partial charge in [-0.2, -0.15) is 0 Å². The summed E-state index contributed by atoms with van der Waals surface area (Å²) in [5.41, 5.74) is 6.36. The van der Waals surface area contributed by atoms with Gasteiger partial charge in [0.1, 0.15) is 5.82 Å². The molecule has 2 N–H and O–H groups in total. The number of methoxy groups -OCH3 is 1. The van der Waals surface area contributed by atoms with Gasteiger partial charge in [0, 0.05) is 13.1 Å². The Labute approximate surface area is 95.2 Å². The van der Waals surface area contributed by atoms with Crippen molar-refractivity contribution in [1.82, 2.24) is 4.98 Å². The van der Waals surface area contributed by atoms with E-state index in [1.807, 2.05) is 18.7 Å². The molecule has 0 aliphatic heterocycles. The number of aromatic nitrogens is 1. The number of pyridine rings is 1. The monoisotopic (exact) mass is 223 g/mol. The number of esters is 1. The molecule has 1 aromatic rings. The third-order valence-electron chi connectivity index (χ3n) is 2.41. The topological polar surface area (TPSA) is 68.5 Å². The van der Waals surface area contributed by atoms with E-state index in [1.54, 1.807) is 6.07 Å². The van der Waals surface area contributed by atoms with E-state index >= 15 is 0 Å². The number of rotatable bonds is 4. The molecule has 0 aromatic carbocycles. The third kappa shape index (κ3) is 2.42. The van der Waals surface area contributed by atoms with E-state index in [0.29, 0.717) is 11.3 Å². The van der Waals surface area contributed by atoms with Crippen LogP contribution in [0.5, 0.6) is 0 Å². The summed E-state index contributed by atoms with van der Waals surface area (Å²) in [6.45, 7) is 5.71. The molecule has 1 rings (SSSR count). The Morgan fingerprint density at radius 1 is 1.50 bits per heavy atom. The molecule has 0 fully saturated rings. The van der Waals surface area contributed by atoms with E-state index in [4.69, 9.17) is 5.73 Å². The van der Waals surface area contributed by atoms with Crippen molar-refractivity contribution in [2.45, 2.75) is 13.8 Å². The molecule has 0 spiro atoms. The fourth-order valence-corrected chi connectivity index (χ4v) is 1.46. The normalized spacial score (nSPS) is 9.94. The first-order chi connectivity index (χ1) is 7.63. The van der Waals surface area contributed by atoms with Crippen LogP contribution >= 0.6 is 0 Å². The molecule has 0 bridgehead atoms. The SMILES string of the molecule is CCN(CC)c1cc(C(=O)OC)c(N)cn1. The zero-order valence-corrected chi connectivity index (χ0v) is 9.86. The first-order valence-corrected chi connectivity index (χ1v) is 5.22. The van der Waals surface area contributed by atoms with E-state index in [1.165, 1.54) is 13.3 Å². The number of hydrogen-bond acceptors (Lipinski definition) is 5. The molecule has 0 aliphatic rings. The van der Waals surface area contributed by atoms with Crippen LogP contribution in [0.2, 0.25) is 0 Å². The van der Waals surface area contributed by atoms with Gasteiger partial charge in [-0.1, -0.05) is 0 Å². The van der Waals surface area contributed by atoms with Crippen LogP contribution in [0.3, 0.4) is 0 Å². The van der Waals surface area contributed by atoms with Crippen LogP contribution < -0.4 is 10.6 Å². The van der Waals surface area contributed by atoms with Gasteiger partial charge in [-0.25, -0.2) is 9.78 Å². The summed E-state index contributed by atoms with van der Waals surface area (Å²) >= 11 is 0. The standard InChI is InChI=1S/C11H17N3O2/c1-4-14(5-2)10-6-8(11(15)16-3)9(12)7-13-10/h6-7H,4-5,12H2,1-3H3. The van der Waals surface area contributed by atoms with Crippen molar-refractivity contribution < 1.29 is 9.53 Å². The first kappa shape index (κ1) is 12.3. The first-order valence-electron chi connectivity index (χ1n) is 5.22. The van der Waals surface area contributed by atoms with Gasteiger partial charge in [-0.05, 0) is 19.9 Å². The van der Waals surface area contributed by atoms with Crippen molar-refractivity contribution in [1.29, 1.82) is 0 Å². The second kappa shape index (κ2) is 5.34. The number of nitrogens with zero attached hydrogens (tertiary/aromatic N) is 2. The molecule has 16 heavy (non-hydrogen) atoms. The van der Waals surface area contributed by atoms with Crippen LogP contribution in [0, 0.1) is 0 Å². The average molecular weight is 223 g/mol. The summed E-state index contributed by atoms with van der Waals surface area (Å²) in [7, 11) is 1.33. The van der Waals surface area contributed by atoms with Gasteiger partial charge in [0.05, 0.1) is 24.6 Å². The summed E-state index contributed by atoms with van der Waals surface area (Å²) in [4.78, 5) is 17.7. The van der Waals surface area contributed by atoms with E-state index in [0.717, 1.165) is 18.9 Å². The summed E-state index contributed by atoms with van der Waals surface area (Å²) in [5, 5.41) is 0. The Hall–Kier alpha value is -1.78. The number of hydrogen-bond donors (Lipinski definition) is 1. The summed E-state index contributed by atoms with van der Waals surface area (Å²) in [6, 6.07) is 1.66. The minimum Gasteiger partial charge on any atom is -0.465 e. The van der Waals surface area contributed by atoms with Crippen LogP contribution in [0.1, 0.15) is 24.2 Å². The molecule has 0 atom stereocenters.